The molecule has 38 heavy (non-hydrogen) atoms. The highest BCUT2D eigenvalue weighted by atomic mass is 16.5. The smallest absolute Gasteiger partial charge is 0.311 e. The van der Waals surface area contributed by atoms with E-state index in [1.165, 1.54) is 19.3 Å². The lowest BCUT2D eigenvalue weighted by molar-refractivity contribution is -0.186. The third-order valence-electron chi connectivity index (χ3n) is 12.3. The zero-order valence-corrected chi connectivity index (χ0v) is 24.8. The summed E-state index contributed by atoms with van der Waals surface area (Å²) in [6.07, 6.45) is 10.1. The molecule has 0 saturated heterocycles. The van der Waals surface area contributed by atoms with Crippen LogP contribution in [0.5, 0.6) is 0 Å². The van der Waals surface area contributed by atoms with Gasteiger partial charge < -0.3 is 19.7 Å². The van der Waals surface area contributed by atoms with Crippen LogP contribution >= 0.6 is 0 Å². The molecule has 0 heterocycles. The van der Waals surface area contributed by atoms with E-state index in [1.54, 1.807) is 0 Å². The molecule has 6 nitrogen and oxygen atoms in total. The summed E-state index contributed by atoms with van der Waals surface area (Å²) < 4.78 is 11.1. The predicted molar refractivity (Wildman–Crippen MR) is 147 cm³/mol. The van der Waals surface area contributed by atoms with E-state index in [2.05, 4.69) is 20.8 Å². The third-order valence-corrected chi connectivity index (χ3v) is 12.3. The minimum atomic E-state index is -0.443. The van der Waals surface area contributed by atoms with Crippen LogP contribution in [0.4, 0.5) is 0 Å². The van der Waals surface area contributed by atoms with Gasteiger partial charge in [-0.2, -0.15) is 0 Å². The molecular formula is C32H54O6. The number of hydrogen-bond donors (Lipinski definition) is 2. The second kappa shape index (κ2) is 11.4. The Morgan fingerprint density at radius 2 is 1.71 bits per heavy atom. The first-order valence-corrected chi connectivity index (χ1v) is 15.5. The van der Waals surface area contributed by atoms with Crippen LogP contribution in [0.1, 0.15) is 112 Å². The SMILES string of the molecule is CCC(C)(C)C(=O)OC1CCC2(C)C(C1)CC(O)C1C2CCC2(C)C(C(C)CCC(=O)OCCO)CCC12. The highest BCUT2D eigenvalue weighted by Crippen LogP contribution is 2.68. The average molecular weight is 535 g/mol. The molecule has 4 aliphatic carbocycles. The van der Waals surface area contributed by atoms with Crippen molar-refractivity contribution in [2.45, 2.75) is 124 Å². The fraction of sp³-hybridized carbons (Fsp3) is 0.938. The molecule has 4 saturated carbocycles. The lowest BCUT2D eigenvalue weighted by atomic mass is 9.43. The van der Waals surface area contributed by atoms with Gasteiger partial charge in [0.2, 0.25) is 0 Å². The number of rotatable bonds is 9. The number of carbonyl (C=O) groups is 2. The molecule has 4 aliphatic rings. The Bertz CT molecular complexity index is 855. The lowest BCUT2D eigenvalue weighted by Crippen LogP contribution is -2.59. The highest BCUT2D eigenvalue weighted by molar-refractivity contribution is 5.76. The van der Waals surface area contributed by atoms with Crippen LogP contribution in [0.15, 0.2) is 0 Å². The van der Waals surface area contributed by atoms with E-state index in [1.807, 2.05) is 20.8 Å². The molecule has 10 atom stereocenters. The van der Waals surface area contributed by atoms with Gasteiger partial charge in [0.1, 0.15) is 12.7 Å². The van der Waals surface area contributed by atoms with E-state index in [-0.39, 0.29) is 48.2 Å². The van der Waals surface area contributed by atoms with E-state index < -0.39 is 5.41 Å². The van der Waals surface area contributed by atoms with E-state index in [4.69, 9.17) is 14.6 Å². The number of ether oxygens (including phenoxy) is 2. The molecule has 0 bridgehead atoms. The third kappa shape index (κ3) is 5.42. The van der Waals surface area contributed by atoms with Gasteiger partial charge in [-0.25, -0.2) is 0 Å². The molecule has 0 amide bonds. The maximum Gasteiger partial charge on any atom is 0.311 e. The Morgan fingerprint density at radius 3 is 2.39 bits per heavy atom. The summed E-state index contributed by atoms with van der Waals surface area (Å²) in [4.78, 5) is 24.8. The van der Waals surface area contributed by atoms with Crippen molar-refractivity contribution in [2.75, 3.05) is 13.2 Å². The van der Waals surface area contributed by atoms with Crippen LogP contribution in [0.2, 0.25) is 0 Å². The highest BCUT2D eigenvalue weighted by Gasteiger charge is 2.63. The van der Waals surface area contributed by atoms with Gasteiger partial charge in [-0.05, 0) is 124 Å². The number of fused-ring (bicyclic) bond motifs is 5. The Kier molecular flexibility index (Phi) is 8.94. The van der Waals surface area contributed by atoms with E-state index in [0.717, 1.165) is 44.9 Å². The summed E-state index contributed by atoms with van der Waals surface area (Å²) in [5.41, 5.74) is -0.0333. The molecule has 0 radical (unpaired) electrons. The second-order valence-corrected chi connectivity index (χ2v) is 14.5. The van der Waals surface area contributed by atoms with Gasteiger partial charge in [0.15, 0.2) is 0 Å². The van der Waals surface area contributed by atoms with Crippen LogP contribution in [0.25, 0.3) is 0 Å². The molecular weight excluding hydrogens is 480 g/mol. The lowest BCUT2D eigenvalue weighted by Gasteiger charge is -2.62. The first-order valence-electron chi connectivity index (χ1n) is 15.5. The summed E-state index contributed by atoms with van der Waals surface area (Å²) in [5, 5.41) is 20.6. The standard InChI is InChI=1S/C32H54O6/c1-7-30(3,4)29(36)38-22-12-14-31(5)21(18-22)19-26(34)28-24-10-9-23(32(24,6)15-13-25(28)31)20(2)8-11-27(35)37-17-16-33/h20-26,28,33-34H,7-19H2,1-6H3. The van der Waals surface area contributed by atoms with Crippen molar-refractivity contribution < 1.29 is 29.3 Å². The van der Waals surface area contributed by atoms with E-state index in [0.29, 0.717) is 41.9 Å². The normalized spacial score (nSPS) is 41.4. The largest absolute Gasteiger partial charge is 0.463 e. The Morgan fingerprint density at radius 1 is 1.03 bits per heavy atom. The summed E-state index contributed by atoms with van der Waals surface area (Å²) in [6.45, 7) is 13.2. The van der Waals surface area contributed by atoms with Gasteiger partial charge in [0.25, 0.3) is 0 Å². The quantitative estimate of drug-likeness (QED) is 0.357. The van der Waals surface area contributed by atoms with E-state index in [9.17, 15) is 14.7 Å². The van der Waals surface area contributed by atoms with Gasteiger partial charge in [0.05, 0.1) is 18.1 Å². The number of aliphatic hydroxyl groups excluding tert-OH is 2. The van der Waals surface area contributed by atoms with Crippen molar-refractivity contribution in [2.24, 2.45) is 51.8 Å². The molecule has 2 N–H and O–H groups in total. The van der Waals surface area contributed by atoms with Crippen LogP contribution in [0, 0.1) is 51.8 Å². The number of carbonyl (C=O) groups excluding carboxylic acids is 2. The van der Waals surface area contributed by atoms with Crippen molar-refractivity contribution in [3.63, 3.8) is 0 Å². The summed E-state index contributed by atoms with van der Waals surface area (Å²) in [6, 6.07) is 0. The fourth-order valence-corrected chi connectivity index (χ4v) is 9.50. The molecule has 6 heteroatoms. The molecule has 218 valence electrons. The molecule has 0 aromatic rings. The second-order valence-electron chi connectivity index (χ2n) is 14.5. The van der Waals surface area contributed by atoms with Crippen molar-refractivity contribution in [3.8, 4) is 0 Å². The predicted octanol–water partition coefficient (Wildman–Crippen LogP) is 5.92. The van der Waals surface area contributed by atoms with Crippen molar-refractivity contribution in [1.82, 2.24) is 0 Å². The van der Waals surface area contributed by atoms with Crippen molar-refractivity contribution >= 4 is 11.9 Å². The maximum atomic E-state index is 12.8. The molecule has 4 rings (SSSR count). The van der Waals surface area contributed by atoms with Gasteiger partial charge in [-0.15, -0.1) is 0 Å². The topological polar surface area (TPSA) is 93.1 Å². The zero-order valence-electron chi connectivity index (χ0n) is 24.8. The number of esters is 2. The fourth-order valence-electron chi connectivity index (χ4n) is 9.50. The molecule has 0 aromatic heterocycles. The van der Waals surface area contributed by atoms with Gasteiger partial charge >= 0.3 is 11.9 Å². The molecule has 0 aliphatic heterocycles. The van der Waals surface area contributed by atoms with Crippen molar-refractivity contribution in [3.05, 3.63) is 0 Å². The average Bonchev–Trinajstić information content (AvgIpc) is 3.24. The number of hydrogen-bond acceptors (Lipinski definition) is 6. The van der Waals surface area contributed by atoms with Gasteiger partial charge in [-0.1, -0.05) is 27.7 Å². The zero-order chi connectivity index (χ0) is 27.9. The molecule has 10 unspecified atom stereocenters. The molecule has 4 fully saturated rings. The Balaban J connectivity index is 1.42. The minimum Gasteiger partial charge on any atom is -0.463 e. The summed E-state index contributed by atoms with van der Waals surface area (Å²) >= 11 is 0. The minimum absolute atomic E-state index is 0.0233. The Hall–Kier alpha value is -1.14. The summed E-state index contributed by atoms with van der Waals surface area (Å²) in [5.74, 6) is 2.52. The first-order chi connectivity index (χ1) is 17.9. The van der Waals surface area contributed by atoms with Gasteiger partial charge in [-0.3, -0.25) is 9.59 Å². The van der Waals surface area contributed by atoms with Crippen LogP contribution in [0.3, 0.4) is 0 Å². The number of aliphatic hydroxyl groups is 2. The monoisotopic (exact) mass is 534 g/mol. The van der Waals surface area contributed by atoms with Crippen LogP contribution in [-0.4, -0.2) is 47.6 Å². The molecule has 0 spiro atoms. The van der Waals surface area contributed by atoms with E-state index >= 15 is 0 Å². The maximum absolute atomic E-state index is 12.8. The van der Waals surface area contributed by atoms with Gasteiger partial charge in [0, 0.05) is 6.42 Å². The Labute approximate surface area is 230 Å². The molecule has 0 aromatic carbocycles. The summed E-state index contributed by atoms with van der Waals surface area (Å²) in [7, 11) is 0. The van der Waals surface area contributed by atoms with Crippen LogP contribution in [-0.2, 0) is 19.1 Å². The van der Waals surface area contributed by atoms with Crippen LogP contribution < -0.4 is 0 Å². The first kappa shape index (κ1) is 29.8. The van der Waals surface area contributed by atoms with Crippen molar-refractivity contribution in [1.29, 1.82) is 0 Å².